The predicted molar refractivity (Wildman–Crippen MR) is 59.6 cm³/mol. The van der Waals surface area contributed by atoms with Crippen LogP contribution in [-0.2, 0) is 4.79 Å². The number of allylic oxidation sites excluding steroid dienone is 1. The lowest BCUT2D eigenvalue weighted by molar-refractivity contribution is -0.134. The molecule has 0 aromatic rings. The van der Waals surface area contributed by atoms with Crippen LogP contribution in [-0.4, -0.2) is 11.1 Å². The van der Waals surface area contributed by atoms with Gasteiger partial charge in [0.25, 0.3) is 0 Å². The van der Waals surface area contributed by atoms with E-state index in [-0.39, 0.29) is 5.41 Å². The van der Waals surface area contributed by atoms with E-state index < -0.39 is 5.97 Å². The lowest BCUT2D eigenvalue weighted by atomic mass is 9.64. The SMILES string of the molecule is CC1CCC2(C1)C(C(=O)O)=CCCC2C. The highest BCUT2D eigenvalue weighted by Gasteiger charge is 2.47. The Kier molecular flexibility index (Phi) is 2.61. The molecular weight excluding hydrogens is 188 g/mol. The summed E-state index contributed by atoms with van der Waals surface area (Å²) in [5, 5.41) is 9.30. The van der Waals surface area contributed by atoms with Crippen LogP contribution in [0.3, 0.4) is 0 Å². The second-order valence-corrected chi connectivity index (χ2v) is 5.41. The molecule has 2 heteroatoms. The summed E-state index contributed by atoms with van der Waals surface area (Å²) in [5.74, 6) is 0.544. The highest BCUT2D eigenvalue weighted by molar-refractivity contribution is 5.88. The van der Waals surface area contributed by atoms with E-state index in [1.165, 1.54) is 6.42 Å². The number of aliphatic carboxylic acids is 1. The maximum Gasteiger partial charge on any atom is 0.331 e. The van der Waals surface area contributed by atoms with Crippen LogP contribution in [0.2, 0.25) is 0 Å². The molecule has 0 heterocycles. The van der Waals surface area contributed by atoms with Gasteiger partial charge in [-0.2, -0.15) is 0 Å². The number of hydrogen-bond acceptors (Lipinski definition) is 1. The fraction of sp³-hybridized carbons (Fsp3) is 0.769. The van der Waals surface area contributed by atoms with Crippen molar-refractivity contribution in [1.82, 2.24) is 0 Å². The Morgan fingerprint density at radius 3 is 2.73 bits per heavy atom. The van der Waals surface area contributed by atoms with Gasteiger partial charge in [0.05, 0.1) is 0 Å². The van der Waals surface area contributed by atoms with Gasteiger partial charge in [-0.1, -0.05) is 19.9 Å². The van der Waals surface area contributed by atoms with Crippen molar-refractivity contribution in [2.45, 2.75) is 46.0 Å². The molecule has 0 radical (unpaired) electrons. The van der Waals surface area contributed by atoms with Gasteiger partial charge < -0.3 is 5.11 Å². The first-order valence-corrected chi connectivity index (χ1v) is 6.00. The minimum Gasteiger partial charge on any atom is -0.478 e. The Morgan fingerprint density at radius 2 is 2.20 bits per heavy atom. The minimum atomic E-state index is -0.685. The van der Waals surface area contributed by atoms with Crippen LogP contribution in [0.25, 0.3) is 0 Å². The molecule has 0 saturated heterocycles. The maximum atomic E-state index is 11.3. The van der Waals surface area contributed by atoms with E-state index in [1.807, 2.05) is 6.08 Å². The molecule has 0 aliphatic heterocycles. The van der Waals surface area contributed by atoms with Gasteiger partial charge >= 0.3 is 5.97 Å². The summed E-state index contributed by atoms with van der Waals surface area (Å²) < 4.78 is 0. The van der Waals surface area contributed by atoms with Crippen molar-refractivity contribution in [1.29, 1.82) is 0 Å². The van der Waals surface area contributed by atoms with Crippen molar-refractivity contribution >= 4 is 5.97 Å². The van der Waals surface area contributed by atoms with Crippen LogP contribution < -0.4 is 0 Å². The number of carbonyl (C=O) groups is 1. The van der Waals surface area contributed by atoms with Gasteiger partial charge in [0.2, 0.25) is 0 Å². The topological polar surface area (TPSA) is 37.3 Å². The first kappa shape index (κ1) is 10.7. The molecule has 3 atom stereocenters. The molecule has 2 aliphatic rings. The molecule has 15 heavy (non-hydrogen) atoms. The van der Waals surface area contributed by atoms with Gasteiger partial charge in [-0.3, -0.25) is 0 Å². The van der Waals surface area contributed by atoms with Crippen molar-refractivity contribution < 1.29 is 9.90 Å². The quantitative estimate of drug-likeness (QED) is 0.718. The summed E-state index contributed by atoms with van der Waals surface area (Å²) in [6.07, 6.45) is 7.41. The number of carboxylic acids is 1. The summed E-state index contributed by atoms with van der Waals surface area (Å²) in [5.41, 5.74) is 0.717. The van der Waals surface area contributed by atoms with E-state index >= 15 is 0 Å². The normalized spacial score (nSPS) is 40.5. The molecule has 0 amide bonds. The molecule has 0 aromatic heterocycles. The summed E-state index contributed by atoms with van der Waals surface area (Å²) in [4.78, 5) is 11.3. The van der Waals surface area contributed by atoms with Crippen molar-refractivity contribution in [2.75, 3.05) is 0 Å². The van der Waals surface area contributed by atoms with E-state index in [2.05, 4.69) is 13.8 Å². The Labute approximate surface area is 91.4 Å². The molecule has 2 rings (SSSR count). The number of rotatable bonds is 1. The highest BCUT2D eigenvalue weighted by Crippen LogP contribution is 2.55. The van der Waals surface area contributed by atoms with Crippen LogP contribution in [0.4, 0.5) is 0 Å². The van der Waals surface area contributed by atoms with Gasteiger partial charge in [0.15, 0.2) is 0 Å². The molecule has 1 N–H and O–H groups in total. The predicted octanol–water partition coefficient (Wildman–Crippen LogP) is 3.23. The number of carboxylic acid groups (broad SMARTS) is 1. The van der Waals surface area contributed by atoms with Crippen molar-refractivity contribution in [3.8, 4) is 0 Å². The zero-order valence-corrected chi connectivity index (χ0v) is 9.62. The zero-order valence-electron chi connectivity index (χ0n) is 9.62. The van der Waals surface area contributed by atoms with E-state index in [1.54, 1.807) is 0 Å². The lowest BCUT2D eigenvalue weighted by Crippen LogP contribution is -2.34. The summed E-state index contributed by atoms with van der Waals surface area (Å²) in [6.45, 7) is 4.48. The third-order valence-electron chi connectivity index (χ3n) is 4.45. The van der Waals surface area contributed by atoms with Crippen LogP contribution in [0.5, 0.6) is 0 Å². The summed E-state index contributed by atoms with van der Waals surface area (Å²) in [6, 6.07) is 0. The molecule has 1 saturated carbocycles. The Morgan fingerprint density at radius 1 is 1.47 bits per heavy atom. The average molecular weight is 208 g/mol. The maximum absolute atomic E-state index is 11.3. The summed E-state index contributed by atoms with van der Waals surface area (Å²) in [7, 11) is 0. The van der Waals surface area contributed by atoms with Gasteiger partial charge in [0.1, 0.15) is 0 Å². The van der Waals surface area contributed by atoms with Gasteiger partial charge in [-0.25, -0.2) is 4.79 Å². The van der Waals surface area contributed by atoms with Crippen molar-refractivity contribution in [3.63, 3.8) is 0 Å². The molecule has 1 fully saturated rings. The fourth-order valence-corrected chi connectivity index (χ4v) is 3.55. The monoisotopic (exact) mass is 208 g/mol. The molecule has 1 spiro atoms. The van der Waals surface area contributed by atoms with E-state index in [4.69, 9.17) is 0 Å². The molecule has 3 unspecified atom stereocenters. The largest absolute Gasteiger partial charge is 0.478 e. The zero-order chi connectivity index (χ0) is 11.1. The smallest absolute Gasteiger partial charge is 0.331 e. The van der Waals surface area contributed by atoms with Crippen LogP contribution >= 0.6 is 0 Å². The second-order valence-electron chi connectivity index (χ2n) is 5.41. The Hall–Kier alpha value is -0.790. The average Bonchev–Trinajstić information content (AvgIpc) is 2.54. The van der Waals surface area contributed by atoms with Gasteiger partial charge in [-0.15, -0.1) is 0 Å². The third-order valence-corrected chi connectivity index (χ3v) is 4.45. The molecule has 0 aromatic carbocycles. The van der Waals surface area contributed by atoms with E-state index in [9.17, 15) is 9.90 Å². The van der Waals surface area contributed by atoms with Crippen LogP contribution in [0.15, 0.2) is 11.6 Å². The standard InChI is InChI=1S/C13H20O2/c1-9-6-7-13(8-9)10(2)4-3-5-11(13)12(14)15/h5,9-10H,3-4,6-8H2,1-2H3,(H,14,15). The highest BCUT2D eigenvalue weighted by atomic mass is 16.4. The van der Waals surface area contributed by atoms with Gasteiger partial charge in [0, 0.05) is 11.0 Å². The molecule has 0 bridgehead atoms. The van der Waals surface area contributed by atoms with Crippen molar-refractivity contribution in [3.05, 3.63) is 11.6 Å². The van der Waals surface area contributed by atoms with Crippen LogP contribution in [0.1, 0.15) is 46.0 Å². The molecule has 2 nitrogen and oxygen atoms in total. The molecule has 2 aliphatic carbocycles. The van der Waals surface area contributed by atoms with Gasteiger partial charge in [-0.05, 0) is 43.9 Å². The van der Waals surface area contributed by atoms with Crippen molar-refractivity contribution in [2.24, 2.45) is 17.3 Å². The fourth-order valence-electron chi connectivity index (χ4n) is 3.55. The second kappa shape index (κ2) is 3.66. The van der Waals surface area contributed by atoms with E-state index in [0.29, 0.717) is 17.4 Å². The summed E-state index contributed by atoms with van der Waals surface area (Å²) >= 11 is 0. The lowest BCUT2D eigenvalue weighted by Gasteiger charge is -2.39. The Balaban J connectivity index is 2.36. The van der Waals surface area contributed by atoms with Crippen LogP contribution in [0, 0.1) is 17.3 Å². The third kappa shape index (κ3) is 1.60. The molecule has 84 valence electrons. The Bertz CT molecular complexity index is 306. The minimum absolute atomic E-state index is 0.00347. The number of hydrogen-bond donors (Lipinski definition) is 1. The first-order chi connectivity index (χ1) is 7.06. The first-order valence-electron chi connectivity index (χ1n) is 6.00. The van der Waals surface area contributed by atoms with E-state index in [0.717, 1.165) is 25.7 Å². The molecular formula is C13H20O2.